The van der Waals surface area contributed by atoms with Crippen LogP contribution in [0.5, 0.6) is 0 Å². The van der Waals surface area contributed by atoms with E-state index < -0.39 is 18.3 Å². The average molecular weight is 505 g/mol. The van der Waals surface area contributed by atoms with Crippen molar-refractivity contribution in [2.75, 3.05) is 5.32 Å². The van der Waals surface area contributed by atoms with Gasteiger partial charge in [0.1, 0.15) is 11.4 Å². The number of aryl methyl sites for hydroxylation is 1. The molecule has 1 aromatic heterocycles. The van der Waals surface area contributed by atoms with Crippen molar-refractivity contribution < 1.29 is 18.0 Å². The lowest BCUT2D eigenvalue weighted by Gasteiger charge is -2.34. The third-order valence-electron chi connectivity index (χ3n) is 6.67. The summed E-state index contributed by atoms with van der Waals surface area (Å²) in [5, 5.41) is 7.25. The molecule has 0 saturated heterocycles. The Morgan fingerprint density at radius 3 is 2.05 bits per heavy atom. The van der Waals surface area contributed by atoms with E-state index in [9.17, 15) is 18.0 Å². The molecule has 8 heteroatoms. The fraction of sp³-hybridized carbons (Fsp3) is 0.241. The fourth-order valence-corrected chi connectivity index (χ4v) is 4.71. The molecule has 0 radical (unpaired) electrons. The number of alkyl halides is 3. The van der Waals surface area contributed by atoms with Gasteiger partial charge in [0, 0.05) is 19.5 Å². The number of halogens is 3. The molecule has 0 bridgehead atoms. The summed E-state index contributed by atoms with van der Waals surface area (Å²) in [6, 6.07) is 24.0. The Bertz CT molecular complexity index is 1310. The Morgan fingerprint density at radius 2 is 1.51 bits per heavy atom. The molecule has 2 atom stereocenters. The number of hydrogen-bond donors (Lipinski definition) is 1. The number of carbonyl (C=O) groups excluding carboxylic acids is 1. The van der Waals surface area contributed by atoms with E-state index in [-0.39, 0.29) is 23.7 Å². The summed E-state index contributed by atoms with van der Waals surface area (Å²) in [4.78, 5) is 15.5. The number of amides is 1. The van der Waals surface area contributed by atoms with Gasteiger partial charge >= 0.3 is 6.18 Å². The molecular weight excluding hydrogens is 477 g/mol. The molecule has 1 N–H and O–H groups in total. The van der Waals surface area contributed by atoms with Crippen LogP contribution in [0.4, 0.5) is 19.0 Å². The van der Waals surface area contributed by atoms with Crippen LogP contribution in [0.15, 0.2) is 91.1 Å². The first-order chi connectivity index (χ1) is 17.8. The van der Waals surface area contributed by atoms with Gasteiger partial charge in [0.15, 0.2) is 6.04 Å². The number of nitrogens with one attached hydrogen (secondary N) is 1. The van der Waals surface area contributed by atoms with Crippen LogP contribution in [-0.4, -0.2) is 26.8 Å². The normalized spacial score (nSPS) is 17.1. The highest BCUT2D eigenvalue weighted by Gasteiger charge is 2.47. The number of nitrogens with zero attached hydrogens (tertiary/aromatic N) is 3. The molecule has 0 fully saturated rings. The van der Waals surface area contributed by atoms with Gasteiger partial charge in [-0.05, 0) is 23.6 Å². The molecule has 190 valence electrons. The molecule has 5 rings (SSSR count). The lowest BCUT2D eigenvalue weighted by Crippen LogP contribution is -2.37. The Balaban J connectivity index is 1.51. The fourth-order valence-electron chi connectivity index (χ4n) is 4.71. The number of carbonyl (C=O) groups is 1. The minimum atomic E-state index is -4.51. The van der Waals surface area contributed by atoms with Crippen molar-refractivity contribution in [3.05, 3.63) is 119 Å². The average Bonchev–Trinajstić information content (AvgIpc) is 3.32. The van der Waals surface area contributed by atoms with E-state index in [1.165, 1.54) is 6.20 Å². The molecule has 0 aliphatic carbocycles. The molecule has 4 aromatic rings. The Hall–Kier alpha value is -4.07. The standard InChI is InChI=1S/C29H27F3N4O/c1-20-12-14-23(15-13-20)25-16-26(29(30,31)32)36-27(34-25)24(17-33-36)28(37)35(18-21-8-4-2-5-9-21)19-22-10-6-3-7-11-22/h2-15,17,25-26,34H,16,18-19H2,1H3/t25-,26-/m0/s1. The summed E-state index contributed by atoms with van der Waals surface area (Å²) < 4.78 is 43.3. The van der Waals surface area contributed by atoms with Gasteiger partial charge in [-0.2, -0.15) is 18.3 Å². The molecular formula is C29H27F3N4O. The van der Waals surface area contributed by atoms with Crippen molar-refractivity contribution in [2.45, 2.75) is 44.7 Å². The van der Waals surface area contributed by atoms with Crippen molar-refractivity contribution in [3.63, 3.8) is 0 Å². The summed E-state index contributed by atoms with van der Waals surface area (Å²) in [5.41, 5.74) is 3.72. The van der Waals surface area contributed by atoms with E-state index in [4.69, 9.17) is 0 Å². The topological polar surface area (TPSA) is 50.2 Å². The summed E-state index contributed by atoms with van der Waals surface area (Å²) in [5.74, 6) is -0.290. The first kappa shape index (κ1) is 24.6. The number of aromatic nitrogens is 2. The predicted octanol–water partition coefficient (Wildman–Crippen LogP) is 6.69. The van der Waals surface area contributed by atoms with Crippen LogP contribution in [-0.2, 0) is 13.1 Å². The number of hydrogen-bond acceptors (Lipinski definition) is 3. The zero-order valence-electron chi connectivity index (χ0n) is 20.3. The molecule has 0 saturated carbocycles. The Morgan fingerprint density at radius 1 is 0.946 bits per heavy atom. The van der Waals surface area contributed by atoms with E-state index in [1.54, 1.807) is 4.90 Å². The van der Waals surface area contributed by atoms with Crippen molar-refractivity contribution in [1.29, 1.82) is 0 Å². The first-order valence-corrected chi connectivity index (χ1v) is 12.1. The summed E-state index contributed by atoms with van der Waals surface area (Å²) in [6.45, 7) is 2.54. The Kier molecular flexibility index (Phi) is 6.74. The van der Waals surface area contributed by atoms with Gasteiger partial charge in [-0.15, -0.1) is 0 Å². The maximum absolute atomic E-state index is 14.1. The van der Waals surface area contributed by atoms with Gasteiger partial charge in [-0.1, -0.05) is 90.5 Å². The Labute approximate surface area is 213 Å². The summed E-state index contributed by atoms with van der Waals surface area (Å²) in [6.07, 6.45) is -3.48. The lowest BCUT2D eigenvalue weighted by atomic mass is 9.96. The third-order valence-corrected chi connectivity index (χ3v) is 6.67. The summed E-state index contributed by atoms with van der Waals surface area (Å²) >= 11 is 0. The lowest BCUT2D eigenvalue weighted by molar-refractivity contribution is -0.173. The van der Waals surface area contributed by atoms with Gasteiger partial charge in [-0.3, -0.25) is 4.79 Å². The molecule has 1 amide bonds. The number of anilines is 1. The molecule has 5 nitrogen and oxygen atoms in total. The highest BCUT2D eigenvalue weighted by molar-refractivity contribution is 5.99. The molecule has 1 aliphatic rings. The SMILES string of the molecule is Cc1ccc([C@@H]2C[C@@H](C(F)(F)F)n3ncc(C(=O)N(Cc4ccccc4)Cc4ccccc4)c3N2)cc1. The second kappa shape index (κ2) is 10.1. The predicted molar refractivity (Wildman–Crippen MR) is 136 cm³/mol. The van der Waals surface area contributed by atoms with Gasteiger partial charge < -0.3 is 10.2 Å². The number of rotatable bonds is 6. The largest absolute Gasteiger partial charge is 0.410 e. The smallest absolute Gasteiger partial charge is 0.363 e. The van der Waals surface area contributed by atoms with Crippen molar-refractivity contribution >= 4 is 11.7 Å². The van der Waals surface area contributed by atoms with Gasteiger partial charge in [0.05, 0.1) is 12.2 Å². The molecule has 2 heterocycles. The van der Waals surface area contributed by atoms with Crippen LogP contribution in [0.2, 0.25) is 0 Å². The van der Waals surface area contributed by atoms with Crippen molar-refractivity contribution in [2.24, 2.45) is 0 Å². The second-order valence-electron chi connectivity index (χ2n) is 9.38. The van der Waals surface area contributed by atoms with Crippen LogP contribution >= 0.6 is 0 Å². The van der Waals surface area contributed by atoms with E-state index in [2.05, 4.69) is 10.4 Å². The zero-order valence-corrected chi connectivity index (χ0v) is 20.3. The van der Waals surface area contributed by atoms with Crippen LogP contribution in [0.3, 0.4) is 0 Å². The monoisotopic (exact) mass is 504 g/mol. The molecule has 37 heavy (non-hydrogen) atoms. The zero-order chi connectivity index (χ0) is 26.0. The van der Waals surface area contributed by atoms with E-state index in [0.717, 1.165) is 26.9 Å². The maximum atomic E-state index is 14.1. The van der Waals surface area contributed by atoms with Gasteiger partial charge in [-0.25, -0.2) is 4.68 Å². The minimum absolute atomic E-state index is 0.0928. The molecule has 0 unspecified atom stereocenters. The summed E-state index contributed by atoms with van der Waals surface area (Å²) in [7, 11) is 0. The highest BCUT2D eigenvalue weighted by atomic mass is 19.4. The maximum Gasteiger partial charge on any atom is 0.410 e. The minimum Gasteiger partial charge on any atom is -0.363 e. The molecule has 1 aliphatic heterocycles. The van der Waals surface area contributed by atoms with E-state index in [1.807, 2.05) is 91.9 Å². The first-order valence-electron chi connectivity index (χ1n) is 12.1. The quantitative estimate of drug-likeness (QED) is 0.318. The highest BCUT2D eigenvalue weighted by Crippen LogP contribution is 2.44. The van der Waals surface area contributed by atoms with Crippen LogP contribution in [0.1, 0.15) is 51.1 Å². The number of fused-ring (bicyclic) bond motifs is 1. The van der Waals surface area contributed by atoms with E-state index >= 15 is 0 Å². The molecule has 3 aromatic carbocycles. The molecule has 0 spiro atoms. The van der Waals surface area contributed by atoms with E-state index in [0.29, 0.717) is 13.1 Å². The van der Waals surface area contributed by atoms with Crippen LogP contribution < -0.4 is 5.32 Å². The van der Waals surface area contributed by atoms with Gasteiger partial charge in [0.25, 0.3) is 5.91 Å². The third kappa shape index (κ3) is 5.38. The van der Waals surface area contributed by atoms with Crippen molar-refractivity contribution in [1.82, 2.24) is 14.7 Å². The number of benzene rings is 3. The van der Waals surface area contributed by atoms with Crippen LogP contribution in [0, 0.1) is 6.92 Å². The second-order valence-corrected chi connectivity index (χ2v) is 9.38. The van der Waals surface area contributed by atoms with Crippen LogP contribution in [0.25, 0.3) is 0 Å². The van der Waals surface area contributed by atoms with Crippen molar-refractivity contribution in [3.8, 4) is 0 Å². The van der Waals surface area contributed by atoms with Gasteiger partial charge in [0.2, 0.25) is 0 Å².